The third kappa shape index (κ3) is 5.70. The number of nitrogens with zero attached hydrogens (tertiary/aromatic N) is 2. The van der Waals surface area contributed by atoms with E-state index in [0.29, 0.717) is 13.2 Å². The van der Waals surface area contributed by atoms with E-state index < -0.39 is 28.3 Å². The fraction of sp³-hybridized carbons (Fsp3) is 0.261. The van der Waals surface area contributed by atoms with E-state index in [2.05, 4.69) is 10.2 Å². The summed E-state index contributed by atoms with van der Waals surface area (Å²) >= 11 is 1.06. The number of ether oxygens (including phenoxy) is 1. The molecule has 2 heterocycles. The van der Waals surface area contributed by atoms with Crippen LogP contribution in [-0.2, 0) is 26.1 Å². The molecule has 1 aromatic heterocycles. The van der Waals surface area contributed by atoms with E-state index in [9.17, 15) is 17.6 Å². The van der Waals surface area contributed by atoms with Gasteiger partial charge < -0.3 is 15.0 Å². The summed E-state index contributed by atoms with van der Waals surface area (Å²) in [6, 6.07) is 16.0. The van der Waals surface area contributed by atoms with E-state index in [1.807, 2.05) is 24.3 Å². The molecule has 0 bridgehead atoms. The average molecular weight is 490 g/mol. The number of morpholine rings is 1. The predicted octanol–water partition coefficient (Wildman–Crippen LogP) is 3.24. The SMILES string of the molecule is O=C(CN(c1ccc(F)cc1)S(=O)(=O)c1cccs1)NCc1ccc(N2CCOCC2)cc1. The Morgan fingerprint density at radius 3 is 2.39 bits per heavy atom. The Morgan fingerprint density at radius 2 is 1.76 bits per heavy atom. The Kier molecular flexibility index (Phi) is 7.26. The molecule has 33 heavy (non-hydrogen) atoms. The number of rotatable bonds is 8. The van der Waals surface area contributed by atoms with Crippen molar-refractivity contribution in [3.05, 3.63) is 77.4 Å². The van der Waals surface area contributed by atoms with Crippen LogP contribution in [-0.4, -0.2) is 47.2 Å². The number of carbonyl (C=O) groups is 1. The summed E-state index contributed by atoms with van der Waals surface area (Å²) < 4.78 is 46.1. The average Bonchev–Trinajstić information content (AvgIpc) is 3.39. The number of anilines is 2. The highest BCUT2D eigenvalue weighted by Gasteiger charge is 2.28. The minimum atomic E-state index is -3.97. The molecule has 0 unspecified atom stereocenters. The molecule has 0 saturated carbocycles. The second-order valence-electron chi connectivity index (χ2n) is 7.46. The van der Waals surface area contributed by atoms with Crippen molar-refractivity contribution in [2.45, 2.75) is 10.8 Å². The number of halogens is 1. The molecule has 0 atom stereocenters. The van der Waals surface area contributed by atoms with Crippen molar-refractivity contribution >= 4 is 38.6 Å². The molecule has 2 aromatic carbocycles. The molecule has 1 aliphatic rings. The molecular formula is C23H24FN3O4S2. The maximum atomic E-state index is 13.4. The van der Waals surface area contributed by atoms with E-state index >= 15 is 0 Å². The van der Waals surface area contributed by atoms with Crippen LogP contribution in [0.15, 0.2) is 70.3 Å². The van der Waals surface area contributed by atoms with Gasteiger partial charge in [0.05, 0.1) is 18.9 Å². The number of thiophene rings is 1. The first-order valence-electron chi connectivity index (χ1n) is 10.4. The Hall–Kier alpha value is -2.95. The molecule has 0 spiro atoms. The lowest BCUT2D eigenvalue weighted by Gasteiger charge is -2.29. The Morgan fingerprint density at radius 1 is 1.06 bits per heavy atom. The smallest absolute Gasteiger partial charge is 0.274 e. The lowest BCUT2D eigenvalue weighted by atomic mass is 10.2. The molecule has 0 aliphatic carbocycles. The third-order valence-electron chi connectivity index (χ3n) is 5.24. The molecule has 1 amide bonds. The largest absolute Gasteiger partial charge is 0.378 e. The van der Waals surface area contributed by atoms with Crippen LogP contribution in [0.2, 0.25) is 0 Å². The topological polar surface area (TPSA) is 79.0 Å². The van der Waals surface area contributed by atoms with Gasteiger partial charge in [-0.1, -0.05) is 18.2 Å². The molecule has 1 fully saturated rings. The monoisotopic (exact) mass is 489 g/mol. The molecule has 1 aliphatic heterocycles. The zero-order valence-corrected chi connectivity index (χ0v) is 19.4. The second kappa shape index (κ2) is 10.3. The van der Waals surface area contributed by atoms with Gasteiger partial charge >= 0.3 is 0 Å². The maximum Gasteiger partial charge on any atom is 0.274 e. The number of carbonyl (C=O) groups excluding carboxylic acids is 1. The Labute approximate surface area is 196 Å². The van der Waals surface area contributed by atoms with Gasteiger partial charge in [0.2, 0.25) is 5.91 Å². The van der Waals surface area contributed by atoms with Crippen LogP contribution in [0, 0.1) is 5.82 Å². The first-order valence-corrected chi connectivity index (χ1v) is 12.8. The van der Waals surface area contributed by atoms with Crippen LogP contribution < -0.4 is 14.5 Å². The van der Waals surface area contributed by atoms with Crippen molar-refractivity contribution in [1.82, 2.24) is 5.32 Å². The van der Waals surface area contributed by atoms with Crippen LogP contribution in [0.5, 0.6) is 0 Å². The van der Waals surface area contributed by atoms with Crippen molar-refractivity contribution < 1.29 is 22.3 Å². The van der Waals surface area contributed by atoms with Crippen molar-refractivity contribution in [2.75, 3.05) is 42.1 Å². The second-order valence-corrected chi connectivity index (χ2v) is 10.5. The van der Waals surface area contributed by atoms with E-state index in [1.54, 1.807) is 11.4 Å². The third-order valence-corrected chi connectivity index (χ3v) is 8.39. The maximum absolute atomic E-state index is 13.4. The van der Waals surface area contributed by atoms with Crippen molar-refractivity contribution in [1.29, 1.82) is 0 Å². The molecule has 0 radical (unpaired) electrons. The summed E-state index contributed by atoms with van der Waals surface area (Å²) in [7, 11) is -3.97. The van der Waals surface area contributed by atoms with Crippen LogP contribution in [0.25, 0.3) is 0 Å². The van der Waals surface area contributed by atoms with Gasteiger partial charge in [0, 0.05) is 25.3 Å². The molecular weight excluding hydrogens is 465 g/mol. The molecule has 174 valence electrons. The van der Waals surface area contributed by atoms with Gasteiger partial charge in [-0.25, -0.2) is 12.8 Å². The van der Waals surface area contributed by atoms with Gasteiger partial charge in [0.15, 0.2) is 0 Å². The summed E-state index contributed by atoms with van der Waals surface area (Å²) in [6.07, 6.45) is 0. The summed E-state index contributed by atoms with van der Waals surface area (Å²) in [6.45, 7) is 2.94. The van der Waals surface area contributed by atoms with E-state index in [0.717, 1.165) is 40.0 Å². The number of sulfonamides is 1. The number of hydrogen-bond donors (Lipinski definition) is 1. The number of nitrogens with one attached hydrogen (secondary N) is 1. The van der Waals surface area contributed by atoms with E-state index in [1.165, 1.54) is 30.3 Å². The summed E-state index contributed by atoms with van der Waals surface area (Å²) in [5, 5.41) is 4.43. The highest BCUT2D eigenvalue weighted by molar-refractivity contribution is 7.94. The Balaban J connectivity index is 1.43. The number of benzene rings is 2. The Bertz CT molecular complexity index is 1160. The summed E-state index contributed by atoms with van der Waals surface area (Å²) in [4.78, 5) is 14.9. The molecule has 1 saturated heterocycles. The summed E-state index contributed by atoms with van der Waals surface area (Å²) in [5.41, 5.74) is 2.21. The zero-order valence-electron chi connectivity index (χ0n) is 17.8. The molecule has 4 rings (SSSR count). The van der Waals surface area contributed by atoms with Gasteiger partial charge in [-0.15, -0.1) is 11.3 Å². The molecule has 7 nitrogen and oxygen atoms in total. The molecule has 10 heteroatoms. The standard InChI is InChI=1S/C23H24FN3O4S2/c24-19-5-9-21(10-6-19)27(33(29,30)23-2-1-15-32-23)17-22(28)25-16-18-3-7-20(8-4-18)26-11-13-31-14-12-26/h1-10,15H,11-14,16-17H2,(H,25,28). The highest BCUT2D eigenvalue weighted by Crippen LogP contribution is 2.26. The predicted molar refractivity (Wildman–Crippen MR) is 127 cm³/mol. The quantitative estimate of drug-likeness (QED) is 0.526. The van der Waals surface area contributed by atoms with Crippen molar-refractivity contribution in [2.24, 2.45) is 0 Å². The fourth-order valence-corrected chi connectivity index (χ4v) is 6.00. The number of hydrogen-bond acceptors (Lipinski definition) is 6. The van der Waals surface area contributed by atoms with Crippen LogP contribution in [0.3, 0.4) is 0 Å². The van der Waals surface area contributed by atoms with Gasteiger partial charge in [0.25, 0.3) is 10.0 Å². The minimum absolute atomic E-state index is 0.110. The minimum Gasteiger partial charge on any atom is -0.378 e. The molecule has 1 N–H and O–H groups in total. The van der Waals surface area contributed by atoms with E-state index in [-0.39, 0.29) is 16.4 Å². The van der Waals surface area contributed by atoms with Crippen molar-refractivity contribution in [3.63, 3.8) is 0 Å². The van der Waals surface area contributed by atoms with Gasteiger partial charge in [0.1, 0.15) is 16.6 Å². The first kappa shape index (κ1) is 23.2. The lowest BCUT2D eigenvalue weighted by Crippen LogP contribution is -2.40. The normalized spacial score (nSPS) is 14.2. The van der Waals surface area contributed by atoms with Gasteiger partial charge in [-0.2, -0.15) is 0 Å². The lowest BCUT2D eigenvalue weighted by molar-refractivity contribution is -0.119. The first-order chi connectivity index (χ1) is 15.9. The summed E-state index contributed by atoms with van der Waals surface area (Å²) in [5.74, 6) is -0.950. The zero-order chi connectivity index (χ0) is 23.3. The highest BCUT2D eigenvalue weighted by atomic mass is 32.2. The van der Waals surface area contributed by atoms with Crippen LogP contribution in [0.1, 0.15) is 5.56 Å². The molecule has 3 aromatic rings. The van der Waals surface area contributed by atoms with Crippen LogP contribution in [0.4, 0.5) is 15.8 Å². The van der Waals surface area contributed by atoms with Gasteiger partial charge in [-0.05, 0) is 53.4 Å². The number of amides is 1. The fourth-order valence-electron chi connectivity index (χ4n) is 3.47. The van der Waals surface area contributed by atoms with E-state index in [4.69, 9.17) is 4.74 Å². The van der Waals surface area contributed by atoms with Gasteiger partial charge in [-0.3, -0.25) is 9.10 Å². The van der Waals surface area contributed by atoms with Crippen molar-refractivity contribution in [3.8, 4) is 0 Å². The van der Waals surface area contributed by atoms with Crippen LogP contribution >= 0.6 is 11.3 Å².